The Hall–Kier alpha value is -2.36. The number of benzene rings is 3. The molecule has 1 aliphatic heterocycles. The van der Waals surface area contributed by atoms with E-state index in [0.717, 1.165) is 22.7 Å². The molecule has 0 bridgehead atoms. The summed E-state index contributed by atoms with van der Waals surface area (Å²) >= 11 is 0. The van der Waals surface area contributed by atoms with Crippen LogP contribution >= 0.6 is 0 Å². The average Bonchev–Trinajstić information content (AvgIpc) is 2.94. The maximum Gasteiger partial charge on any atom is 0.187 e. The van der Waals surface area contributed by atoms with E-state index in [1.54, 1.807) is 0 Å². The Balaban J connectivity index is 1.56. The Kier molecular flexibility index (Phi) is 10.5. The van der Waals surface area contributed by atoms with Crippen LogP contribution in [0, 0.1) is 0 Å². The van der Waals surface area contributed by atoms with Gasteiger partial charge >= 0.3 is 0 Å². The molecule has 3 aromatic carbocycles. The Labute approximate surface area is 233 Å². The first-order valence-electron chi connectivity index (χ1n) is 13.7. The summed E-state index contributed by atoms with van der Waals surface area (Å²) < 4.78 is 25.0. The van der Waals surface area contributed by atoms with Crippen molar-refractivity contribution in [1.82, 2.24) is 0 Å². The van der Waals surface area contributed by atoms with Gasteiger partial charge in [0.05, 0.1) is 26.4 Å². The maximum absolute atomic E-state index is 12.0. The van der Waals surface area contributed by atoms with E-state index in [0.29, 0.717) is 19.6 Å². The Morgan fingerprint density at radius 2 is 1.26 bits per heavy atom. The van der Waals surface area contributed by atoms with Gasteiger partial charge in [0.25, 0.3) is 0 Å². The minimum atomic E-state index is -1.55. The van der Waals surface area contributed by atoms with Gasteiger partial charge in [0.15, 0.2) is 6.29 Å². The fraction of sp³-hybridized carbons (Fsp3) is 0.438. The number of aliphatic hydroxyl groups excluding tert-OH is 2. The molecule has 1 aliphatic rings. The van der Waals surface area contributed by atoms with Crippen LogP contribution in [0.25, 0.3) is 0 Å². The van der Waals surface area contributed by atoms with Crippen LogP contribution in [-0.2, 0) is 38.8 Å². The largest absolute Gasteiger partial charge is 0.387 e. The van der Waals surface area contributed by atoms with E-state index in [-0.39, 0.29) is 13.2 Å². The van der Waals surface area contributed by atoms with E-state index < -0.39 is 38.3 Å². The molecule has 1 heterocycles. The lowest BCUT2D eigenvalue weighted by molar-refractivity contribution is -0.351. The van der Waals surface area contributed by atoms with Gasteiger partial charge in [0, 0.05) is 8.07 Å². The Morgan fingerprint density at radius 1 is 0.744 bits per heavy atom. The van der Waals surface area contributed by atoms with Gasteiger partial charge < -0.3 is 29.2 Å². The van der Waals surface area contributed by atoms with E-state index in [9.17, 15) is 10.2 Å². The summed E-state index contributed by atoms with van der Waals surface area (Å²) in [7, 11) is -1.55. The number of hydrogen-bond donors (Lipinski definition) is 2. The van der Waals surface area contributed by atoms with Gasteiger partial charge in [-0.15, -0.1) is 0 Å². The lowest BCUT2D eigenvalue weighted by Crippen LogP contribution is -2.68. The normalized spacial score (nSPS) is 25.5. The molecule has 0 aliphatic carbocycles. The number of hydrogen-bond acceptors (Lipinski definition) is 6. The molecular formula is C32H42O6Si. The minimum absolute atomic E-state index is 0.158. The van der Waals surface area contributed by atoms with Gasteiger partial charge in [0.2, 0.25) is 0 Å². The monoisotopic (exact) mass is 550 g/mol. The van der Waals surface area contributed by atoms with E-state index >= 15 is 0 Å². The highest BCUT2D eigenvalue weighted by Crippen LogP contribution is 2.40. The average molecular weight is 551 g/mol. The molecule has 0 unspecified atom stereocenters. The Morgan fingerprint density at radius 3 is 1.79 bits per heavy atom. The number of ether oxygens (including phenoxy) is 4. The second-order valence-corrected chi connectivity index (χ2v) is 17.1. The molecule has 4 rings (SSSR count). The molecule has 0 amide bonds. The molecule has 1 fully saturated rings. The summed E-state index contributed by atoms with van der Waals surface area (Å²) in [6.45, 7) is 7.89. The van der Waals surface area contributed by atoms with E-state index in [1.807, 2.05) is 91.0 Å². The lowest BCUT2D eigenvalue weighted by atomic mass is 9.83. The first-order chi connectivity index (χ1) is 18.8. The first kappa shape index (κ1) is 29.6. The second-order valence-electron chi connectivity index (χ2n) is 11.5. The molecule has 1 saturated heterocycles. The molecule has 3 aromatic rings. The molecular weight excluding hydrogens is 508 g/mol. The van der Waals surface area contributed by atoms with Gasteiger partial charge in [-0.1, -0.05) is 117 Å². The van der Waals surface area contributed by atoms with Gasteiger partial charge in [-0.05, 0) is 23.1 Å². The fourth-order valence-corrected chi connectivity index (χ4v) is 5.96. The molecule has 0 radical (unpaired) electrons. The summed E-state index contributed by atoms with van der Waals surface area (Å²) in [6, 6.07) is 30.3. The molecule has 39 heavy (non-hydrogen) atoms. The molecule has 0 spiro atoms. The van der Waals surface area contributed by atoms with Crippen LogP contribution in [0.1, 0.15) is 23.1 Å². The molecule has 2 N–H and O–H groups in total. The van der Waals surface area contributed by atoms with Crippen molar-refractivity contribution in [2.45, 2.75) is 82.1 Å². The Bertz CT molecular complexity index is 1110. The van der Waals surface area contributed by atoms with Crippen molar-refractivity contribution in [2.24, 2.45) is 0 Å². The fourth-order valence-electron chi connectivity index (χ4n) is 4.81. The van der Waals surface area contributed by atoms with Crippen molar-refractivity contribution in [1.29, 1.82) is 0 Å². The highest BCUT2D eigenvalue weighted by molar-refractivity contribution is 6.76. The lowest BCUT2D eigenvalue weighted by Gasteiger charge is -2.51. The van der Waals surface area contributed by atoms with Crippen LogP contribution in [-0.4, -0.2) is 55.1 Å². The van der Waals surface area contributed by atoms with Crippen molar-refractivity contribution in [3.05, 3.63) is 108 Å². The van der Waals surface area contributed by atoms with Crippen LogP contribution in [0.2, 0.25) is 25.7 Å². The summed E-state index contributed by atoms with van der Waals surface area (Å²) in [5.74, 6) is 0. The van der Waals surface area contributed by atoms with Crippen molar-refractivity contribution in [3.63, 3.8) is 0 Å². The molecule has 5 atom stereocenters. The zero-order valence-corrected chi connectivity index (χ0v) is 24.2. The quantitative estimate of drug-likeness (QED) is 0.272. The molecule has 0 aromatic heterocycles. The molecule has 7 heteroatoms. The van der Waals surface area contributed by atoms with E-state index in [2.05, 4.69) is 19.6 Å². The summed E-state index contributed by atoms with van der Waals surface area (Å²) in [4.78, 5) is 0. The highest BCUT2D eigenvalue weighted by Gasteiger charge is 2.57. The van der Waals surface area contributed by atoms with Gasteiger partial charge in [-0.3, -0.25) is 0 Å². The topological polar surface area (TPSA) is 77.4 Å². The molecule has 6 nitrogen and oxygen atoms in total. The summed E-state index contributed by atoms with van der Waals surface area (Å²) in [5.41, 5.74) is 1.64. The third-order valence-electron chi connectivity index (χ3n) is 7.20. The van der Waals surface area contributed by atoms with E-state index in [4.69, 9.17) is 18.9 Å². The second kappa shape index (κ2) is 13.8. The minimum Gasteiger partial charge on any atom is -0.387 e. The summed E-state index contributed by atoms with van der Waals surface area (Å²) in [5, 5.41) is 23.4. The van der Waals surface area contributed by atoms with Crippen LogP contribution in [0.5, 0.6) is 0 Å². The van der Waals surface area contributed by atoms with Gasteiger partial charge in [-0.2, -0.15) is 0 Å². The third-order valence-corrected chi connectivity index (χ3v) is 8.95. The van der Waals surface area contributed by atoms with Gasteiger partial charge in [-0.25, -0.2) is 0 Å². The van der Waals surface area contributed by atoms with Crippen LogP contribution in [0.4, 0.5) is 0 Å². The maximum atomic E-state index is 12.0. The zero-order valence-electron chi connectivity index (χ0n) is 23.2. The number of aliphatic hydroxyl groups is 2. The van der Waals surface area contributed by atoms with E-state index in [1.165, 1.54) is 0 Å². The van der Waals surface area contributed by atoms with Crippen LogP contribution in [0.15, 0.2) is 91.0 Å². The molecule has 0 saturated carbocycles. The number of rotatable bonds is 13. The van der Waals surface area contributed by atoms with Gasteiger partial charge in [0.1, 0.15) is 23.9 Å². The van der Waals surface area contributed by atoms with Crippen molar-refractivity contribution in [2.75, 3.05) is 6.61 Å². The predicted octanol–water partition coefficient (Wildman–Crippen LogP) is 5.55. The smallest absolute Gasteiger partial charge is 0.187 e. The molecule has 210 valence electrons. The first-order valence-corrected chi connectivity index (χ1v) is 17.4. The van der Waals surface area contributed by atoms with Crippen LogP contribution < -0.4 is 0 Å². The van der Waals surface area contributed by atoms with Crippen LogP contribution in [0.3, 0.4) is 0 Å². The van der Waals surface area contributed by atoms with Crippen molar-refractivity contribution >= 4 is 8.07 Å². The predicted molar refractivity (Wildman–Crippen MR) is 155 cm³/mol. The van der Waals surface area contributed by atoms with Crippen molar-refractivity contribution < 1.29 is 29.2 Å². The SMILES string of the molecule is C[Si](C)(C)CC[C@]1(OCc2ccccc2)[C@H](O)O[C@H](COCc2ccccc2)[C@H](OCc2ccccc2)[C@@H]1O. The van der Waals surface area contributed by atoms with Crippen molar-refractivity contribution in [3.8, 4) is 0 Å². The standard InChI is InChI=1S/C32H42O6Si/c1-39(2,3)20-19-32(37-23-27-17-11-6-12-18-27)30(33)29(36-22-26-15-9-5-10-16-26)28(38-31(32)34)24-35-21-25-13-7-4-8-14-25/h4-18,28-31,33-34H,19-24H2,1-3H3/t28-,29+,30+,31-,32-/m1/s1. The third kappa shape index (κ3) is 8.31. The highest BCUT2D eigenvalue weighted by atomic mass is 28.3. The summed E-state index contributed by atoms with van der Waals surface area (Å²) in [6.07, 6.45) is -3.45. The zero-order chi connectivity index (χ0) is 27.7.